The highest BCUT2D eigenvalue weighted by molar-refractivity contribution is 5.42. The van der Waals surface area contributed by atoms with E-state index in [0.29, 0.717) is 11.8 Å². The number of hydrogen-bond acceptors (Lipinski definition) is 4. The van der Waals surface area contributed by atoms with Crippen molar-refractivity contribution in [2.24, 2.45) is 11.8 Å². The van der Waals surface area contributed by atoms with E-state index in [2.05, 4.69) is 11.4 Å². The Morgan fingerprint density at radius 2 is 1.78 bits per heavy atom. The molecule has 4 aliphatic carbocycles. The summed E-state index contributed by atoms with van der Waals surface area (Å²) in [5, 5.41) is 14.6. The first-order valence-corrected chi connectivity index (χ1v) is 8.71. The number of rotatable bonds is 5. The maximum atomic E-state index is 10.8. The van der Waals surface area contributed by atoms with E-state index < -0.39 is 5.60 Å². The summed E-state index contributed by atoms with van der Waals surface area (Å²) in [4.78, 5) is 0. The van der Waals surface area contributed by atoms with Gasteiger partial charge in [0.2, 0.25) is 0 Å². The van der Waals surface area contributed by atoms with Crippen molar-refractivity contribution in [3.8, 4) is 11.5 Å². The highest BCUT2D eigenvalue weighted by Gasteiger charge is 2.56. The van der Waals surface area contributed by atoms with E-state index in [1.165, 1.54) is 24.8 Å². The van der Waals surface area contributed by atoms with Gasteiger partial charge in [-0.05, 0) is 68.1 Å². The SMILES string of the molecule is COc1ccc(CNC23C[C@@H]4C[C@@H](CC(O)(C4)C2)C3)cc1OC. The van der Waals surface area contributed by atoms with Gasteiger partial charge in [0, 0.05) is 12.1 Å². The zero-order chi connectivity index (χ0) is 16.1. The van der Waals surface area contributed by atoms with E-state index in [1.54, 1.807) is 14.2 Å². The Hall–Kier alpha value is -1.26. The van der Waals surface area contributed by atoms with E-state index >= 15 is 0 Å². The van der Waals surface area contributed by atoms with Crippen LogP contribution in [0.15, 0.2) is 18.2 Å². The van der Waals surface area contributed by atoms with Gasteiger partial charge < -0.3 is 19.9 Å². The van der Waals surface area contributed by atoms with E-state index in [1.807, 2.05) is 12.1 Å². The van der Waals surface area contributed by atoms with Gasteiger partial charge >= 0.3 is 0 Å². The number of hydrogen-bond donors (Lipinski definition) is 2. The van der Waals surface area contributed by atoms with Crippen molar-refractivity contribution >= 4 is 0 Å². The highest BCUT2D eigenvalue weighted by atomic mass is 16.5. The van der Waals surface area contributed by atoms with Crippen LogP contribution in [0.5, 0.6) is 11.5 Å². The molecule has 0 saturated heterocycles. The topological polar surface area (TPSA) is 50.7 Å². The molecule has 0 aliphatic heterocycles. The van der Waals surface area contributed by atoms with Crippen LogP contribution >= 0.6 is 0 Å². The van der Waals surface area contributed by atoms with Crippen molar-refractivity contribution in [2.45, 2.75) is 56.2 Å². The second-order valence-electron chi connectivity index (χ2n) is 8.01. The maximum absolute atomic E-state index is 10.8. The zero-order valence-electron chi connectivity index (χ0n) is 14.1. The second-order valence-corrected chi connectivity index (χ2v) is 8.01. The summed E-state index contributed by atoms with van der Waals surface area (Å²) in [6.07, 6.45) is 6.72. The molecular weight excluding hydrogens is 290 g/mol. The molecule has 0 aromatic heterocycles. The molecule has 4 aliphatic rings. The molecule has 1 aromatic carbocycles. The summed E-state index contributed by atoms with van der Waals surface area (Å²) in [7, 11) is 3.33. The number of aliphatic hydroxyl groups is 1. The minimum absolute atomic E-state index is 0.131. The Labute approximate surface area is 138 Å². The van der Waals surface area contributed by atoms with Crippen LogP contribution < -0.4 is 14.8 Å². The average molecular weight is 317 g/mol. The van der Waals surface area contributed by atoms with Gasteiger partial charge in [0.1, 0.15) is 0 Å². The number of benzene rings is 1. The zero-order valence-corrected chi connectivity index (χ0v) is 14.1. The van der Waals surface area contributed by atoms with Gasteiger partial charge in [-0.15, -0.1) is 0 Å². The van der Waals surface area contributed by atoms with Gasteiger partial charge in [-0.2, -0.15) is 0 Å². The smallest absolute Gasteiger partial charge is 0.161 e. The summed E-state index contributed by atoms with van der Waals surface area (Å²) < 4.78 is 10.7. The van der Waals surface area contributed by atoms with Crippen molar-refractivity contribution in [2.75, 3.05) is 14.2 Å². The third-order valence-corrected chi connectivity index (χ3v) is 6.15. The monoisotopic (exact) mass is 317 g/mol. The van der Waals surface area contributed by atoms with Crippen LogP contribution in [0.1, 0.15) is 44.1 Å². The van der Waals surface area contributed by atoms with Gasteiger partial charge in [-0.25, -0.2) is 0 Å². The van der Waals surface area contributed by atoms with Crippen molar-refractivity contribution < 1.29 is 14.6 Å². The van der Waals surface area contributed by atoms with Crippen LogP contribution in [0.3, 0.4) is 0 Å². The van der Waals surface area contributed by atoms with Crippen LogP contribution in [0.4, 0.5) is 0 Å². The largest absolute Gasteiger partial charge is 0.493 e. The number of nitrogens with one attached hydrogen (secondary N) is 1. The first-order chi connectivity index (χ1) is 11.0. The third kappa shape index (κ3) is 2.72. The lowest BCUT2D eigenvalue weighted by Crippen LogP contribution is -2.64. The fourth-order valence-electron chi connectivity index (χ4n) is 5.70. The van der Waals surface area contributed by atoms with Crippen molar-refractivity contribution in [3.05, 3.63) is 23.8 Å². The van der Waals surface area contributed by atoms with Gasteiger partial charge in [0.05, 0.1) is 19.8 Å². The number of ether oxygens (including phenoxy) is 2. The predicted molar refractivity (Wildman–Crippen MR) is 88.7 cm³/mol. The molecule has 0 heterocycles. The first kappa shape index (κ1) is 15.3. The summed E-state index contributed by atoms with van der Waals surface area (Å²) in [5.41, 5.74) is 0.922. The maximum Gasteiger partial charge on any atom is 0.161 e. The van der Waals surface area contributed by atoms with Crippen LogP contribution in [-0.4, -0.2) is 30.5 Å². The second kappa shape index (κ2) is 5.38. The van der Waals surface area contributed by atoms with Gasteiger partial charge in [0.25, 0.3) is 0 Å². The van der Waals surface area contributed by atoms with Crippen LogP contribution in [0.2, 0.25) is 0 Å². The molecule has 23 heavy (non-hydrogen) atoms. The first-order valence-electron chi connectivity index (χ1n) is 8.71. The lowest BCUT2D eigenvalue weighted by Gasteiger charge is -2.60. The standard InChI is InChI=1S/C19H27NO3/c1-22-16-4-3-13(6-17(16)23-2)11-20-18-7-14-5-15(8-18)10-19(21,9-14)12-18/h3-4,6,14-15,20-21H,5,7-12H2,1-2H3/t14-,15+,18?,19?. The van der Waals surface area contributed by atoms with E-state index in [0.717, 1.165) is 37.3 Å². The Morgan fingerprint density at radius 3 is 2.39 bits per heavy atom. The van der Waals surface area contributed by atoms with Crippen molar-refractivity contribution in [1.82, 2.24) is 5.32 Å². The minimum atomic E-state index is -0.408. The molecule has 2 unspecified atom stereocenters. The normalized spacial score (nSPS) is 37.9. The highest BCUT2D eigenvalue weighted by Crippen LogP contribution is 2.57. The molecule has 4 heteroatoms. The molecular formula is C19H27NO3. The quantitative estimate of drug-likeness (QED) is 0.877. The Kier molecular flexibility index (Phi) is 3.58. The molecule has 1 aromatic rings. The van der Waals surface area contributed by atoms with E-state index in [9.17, 15) is 5.11 Å². The Bertz CT molecular complexity index is 586. The molecule has 0 radical (unpaired) electrons. The summed E-state index contributed by atoms with van der Waals surface area (Å²) in [6, 6.07) is 6.09. The fourth-order valence-corrected chi connectivity index (χ4v) is 5.70. The molecule has 5 rings (SSSR count). The van der Waals surface area contributed by atoms with Crippen LogP contribution in [-0.2, 0) is 6.54 Å². The molecule has 0 amide bonds. The van der Waals surface area contributed by atoms with E-state index in [-0.39, 0.29) is 5.54 Å². The Morgan fingerprint density at radius 1 is 1.09 bits per heavy atom. The molecule has 126 valence electrons. The van der Waals surface area contributed by atoms with Crippen molar-refractivity contribution in [1.29, 1.82) is 0 Å². The molecule has 0 spiro atoms. The van der Waals surface area contributed by atoms with Gasteiger partial charge in [-0.3, -0.25) is 0 Å². The van der Waals surface area contributed by atoms with Crippen LogP contribution in [0, 0.1) is 11.8 Å². The number of methoxy groups -OCH3 is 2. The third-order valence-electron chi connectivity index (χ3n) is 6.15. The fraction of sp³-hybridized carbons (Fsp3) is 0.684. The Balaban J connectivity index is 1.49. The van der Waals surface area contributed by atoms with Crippen LogP contribution in [0.25, 0.3) is 0 Å². The molecule has 4 bridgehead atoms. The predicted octanol–water partition coefficient (Wildman–Crippen LogP) is 2.88. The average Bonchev–Trinajstić information content (AvgIpc) is 2.50. The van der Waals surface area contributed by atoms with Gasteiger partial charge in [-0.1, -0.05) is 6.07 Å². The van der Waals surface area contributed by atoms with Crippen molar-refractivity contribution in [3.63, 3.8) is 0 Å². The summed E-state index contributed by atoms with van der Waals surface area (Å²) in [6.45, 7) is 0.815. The molecule has 4 nitrogen and oxygen atoms in total. The summed E-state index contributed by atoms with van der Waals surface area (Å²) >= 11 is 0. The minimum Gasteiger partial charge on any atom is -0.493 e. The molecule has 2 N–H and O–H groups in total. The van der Waals surface area contributed by atoms with E-state index in [4.69, 9.17) is 9.47 Å². The molecule has 4 fully saturated rings. The summed E-state index contributed by atoms with van der Waals surface area (Å²) in [5.74, 6) is 2.95. The molecule has 4 atom stereocenters. The molecule has 4 saturated carbocycles. The lowest BCUT2D eigenvalue weighted by atomic mass is 9.51. The lowest BCUT2D eigenvalue weighted by molar-refractivity contribution is -0.142. The van der Waals surface area contributed by atoms with Gasteiger partial charge in [0.15, 0.2) is 11.5 Å².